The first-order chi connectivity index (χ1) is 10.5. The summed E-state index contributed by atoms with van der Waals surface area (Å²) in [7, 11) is 0. The first-order valence-corrected chi connectivity index (χ1v) is 7.57. The van der Waals surface area contributed by atoms with Gasteiger partial charge in [0.25, 0.3) is 5.91 Å². The highest BCUT2D eigenvalue weighted by atomic mass is 16.5. The van der Waals surface area contributed by atoms with E-state index in [9.17, 15) is 4.79 Å². The van der Waals surface area contributed by atoms with Crippen LogP contribution in [-0.4, -0.2) is 12.0 Å². The van der Waals surface area contributed by atoms with E-state index in [0.717, 1.165) is 28.0 Å². The Morgan fingerprint density at radius 3 is 2.59 bits per heavy atom. The lowest BCUT2D eigenvalue weighted by atomic mass is 10.1. The van der Waals surface area contributed by atoms with Gasteiger partial charge in [0.15, 0.2) is 0 Å². The van der Waals surface area contributed by atoms with Crippen LogP contribution in [0.3, 0.4) is 0 Å². The number of rotatable bonds is 5. The highest BCUT2D eigenvalue weighted by Gasteiger charge is 2.09. The first kappa shape index (κ1) is 16.1. The fourth-order valence-corrected chi connectivity index (χ4v) is 2.35. The molecular weight excluding hydrogens is 274 g/mol. The molecule has 0 radical (unpaired) electrons. The van der Waals surface area contributed by atoms with Gasteiger partial charge in [-0.2, -0.15) is 0 Å². The summed E-state index contributed by atoms with van der Waals surface area (Å²) in [5.74, 6) is 0.779. The molecule has 22 heavy (non-hydrogen) atoms. The topological polar surface area (TPSA) is 38.3 Å². The molecule has 0 heterocycles. The van der Waals surface area contributed by atoms with Crippen molar-refractivity contribution in [2.45, 2.75) is 40.3 Å². The molecule has 0 atom stereocenters. The van der Waals surface area contributed by atoms with Gasteiger partial charge in [-0.05, 0) is 57.0 Å². The number of aryl methyl sites for hydroxylation is 2. The maximum absolute atomic E-state index is 12.3. The second-order valence-corrected chi connectivity index (χ2v) is 5.82. The minimum atomic E-state index is -0.0484. The normalized spacial score (nSPS) is 10.6. The van der Waals surface area contributed by atoms with Crippen molar-refractivity contribution in [1.29, 1.82) is 0 Å². The number of hydrogen-bond donors (Lipinski definition) is 1. The van der Waals surface area contributed by atoms with E-state index in [-0.39, 0.29) is 12.0 Å². The summed E-state index contributed by atoms with van der Waals surface area (Å²) in [6, 6.07) is 13.7. The molecule has 3 heteroatoms. The smallest absolute Gasteiger partial charge is 0.251 e. The SMILES string of the molecule is Cc1ccc(C(=O)NCc2cccc(OC(C)C)c2)c(C)c1. The van der Waals surface area contributed by atoms with Crippen molar-refractivity contribution in [1.82, 2.24) is 5.32 Å². The van der Waals surface area contributed by atoms with Gasteiger partial charge in [0.2, 0.25) is 0 Å². The van der Waals surface area contributed by atoms with Crippen molar-refractivity contribution in [2.75, 3.05) is 0 Å². The molecule has 0 unspecified atom stereocenters. The first-order valence-electron chi connectivity index (χ1n) is 7.57. The van der Waals surface area contributed by atoms with Gasteiger partial charge in [-0.15, -0.1) is 0 Å². The summed E-state index contributed by atoms with van der Waals surface area (Å²) in [5, 5.41) is 2.96. The Morgan fingerprint density at radius 1 is 1.14 bits per heavy atom. The number of benzene rings is 2. The summed E-state index contributed by atoms with van der Waals surface area (Å²) in [6.45, 7) is 8.46. The monoisotopic (exact) mass is 297 g/mol. The third-order valence-corrected chi connectivity index (χ3v) is 3.35. The fraction of sp³-hybridized carbons (Fsp3) is 0.316. The summed E-state index contributed by atoms with van der Waals surface area (Å²) >= 11 is 0. The van der Waals surface area contributed by atoms with E-state index in [0.29, 0.717) is 6.54 Å². The van der Waals surface area contributed by atoms with Crippen LogP contribution >= 0.6 is 0 Å². The largest absolute Gasteiger partial charge is 0.491 e. The molecule has 1 N–H and O–H groups in total. The Bertz CT molecular complexity index is 662. The predicted molar refractivity (Wildman–Crippen MR) is 89.3 cm³/mol. The second-order valence-electron chi connectivity index (χ2n) is 5.82. The molecule has 0 aliphatic heterocycles. The van der Waals surface area contributed by atoms with E-state index >= 15 is 0 Å². The molecule has 0 aromatic heterocycles. The number of hydrogen-bond acceptors (Lipinski definition) is 2. The average molecular weight is 297 g/mol. The van der Waals surface area contributed by atoms with Gasteiger partial charge in [0, 0.05) is 12.1 Å². The molecule has 0 aliphatic rings. The van der Waals surface area contributed by atoms with Gasteiger partial charge >= 0.3 is 0 Å². The Morgan fingerprint density at radius 2 is 1.91 bits per heavy atom. The molecule has 0 spiro atoms. The molecule has 2 aromatic rings. The lowest BCUT2D eigenvalue weighted by molar-refractivity contribution is 0.0950. The van der Waals surface area contributed by atoms with E-state index in [1.165, 1.54) is 0 Å². The second kappa shape index (κ2) is 7.12. The van der Waals surface area contributed by atoms with E-state index in [4.69, 9.17) is 4.74 Å². The Kier molecular flexibility index (Phi) is 5.21. The summed E-state index contributed by atoms with van der Waals surface area (Å²) in [4.78, 5) is 12.3. The van der Waals surface area contributed by atoms with Crippen molar-refractivity contribution < 1.29 is 9.53 Å². The minimum absolute atomic E-state index is 0.0484. The lowest BCUT2D eigenvalue weighted by Crippen LogP contribution is -2.23. The summed E-state index contributed by atoms with van der Waals surface area (Å²) < 4.78 is 5.67. The number of carbonyl (C=O) groups excluding carboxylic acids is 1. The molecular formula is C19H23NO2. The Labute approximate surface area is 132 Å². The molecule has 2 rings (SSSR count). The lowest BCUT2D eigenvalue weighted by Gasteiger charge is -2.12. The third-order valence-electron chi connectivity index (χ3n) is 3.35. The van der Waals surface area contributed by atoms with Crippen LogP contribution in [-0.2, 0) is 6.54 Å². The highest BCUT2D eigenvalue weighted by Crippen LogP contribution is 2.15. The third kappa shape index (κ3) is 4.35. The fourth-order valence-electron chi connectivity index (χ4n) is 2.35. The average Bonchev–Trinajstić information content (AvgIpc) is 2.44. The van der Waals surface area contributed by atoms with E-state index in [2.05, 4.69) is 5.32 Å². The van der Waals surface area contributed by atoms with Crippen molar-refractivity contribution >= 4 is 5.91 Å². The van der Waals surface area contributed by atoms with Gasteiger partial charge in [0.05, 0.1) is 6.10 Å². The van der Waals surface area contributed by atoms with Crippen LogP contribution in [0.15, 0.2) is 42.5 Å². The molecule has 116 valence electrons. The summed E-state index contributed by atoms with van der Waals surface area (Å²) in [5.41, 5.74) is 3.90. The molecule has 0 bridgehead atoms. The summed E-state index contributed by atoms with van der Waals surface area (Å²) in [6.07, 6.45) is 0.139. The zero-order valence-electron chi connectivity index (χ0n) is 13.6. The van der Waals surface area contributed by atoms with Gasteiger partial charge in [0.1, 0.15) is 5.75 Å². The molecule has 1 amide bonds. The van der Waals surface area contributed by atoms with E-state index in [1.54, 1.807) is 0 Å². The van der Waals surface area contributed by atoms with Crippen molar-refractivity contribution in [2.24, 2.45) is 0 Å². The molecule has 0 saturated carbocycles. The standard InChI is InChI=1S/C19H23NO2/c1-13(2)22-17-7-5-6-16(11-17)12-20-19(21)18-9-8-14(3)10-15(18)4/h5-11,13H,12H2,1-4H3,(H,20,21). The van der Waals surface area contributed by atoms with Crippen LogP contribution in [0.5, 0.6) is 5.75 Å². The maximum atomic E-state index is 12.3. The van der Waals surface area contributed by atoms with Crippen LogP contribution in [0.2, 0.25) is 0 Å². The van der Waals surface area contributed by atoms with Crippen LogP contribution in [0.4, 0.5) is 0 Å². The van der Waals surface area contributed by atoms with Gasteiger partial charge in [-0.1, -0.05) is 29.8 Å². The van der Waals surface area contributed by atoms with Crippen molar-refractivity contribution in [3.05, 3.63) is 64.7 Å². The highest BCUT2D eigenvalue weighted by molar-refractivity contribution is 5.95. The van der Waals surface area contributed by atoms with Crippen molar-refractivity contribution in [3.8, 4) is 5.75 Å². The molecule has 2 aromatic carbocycles. The van der Waals surface area contributed by atoms with E-state index in [1.807, 2.05) is 70.2 Å². The number of ether oxygens (including phenoxy) is 1. The molecule has 0 aliphatic carbocycles. The minimum Gasteiger partial charge on any atom is -0.491 e. The zero-order valence-corrected chi connectivity index (χ0v) is 13.6. The quantitative estimate of drug-likeness (QED) is 0.905. The number of nitrogens with one attached hydrogen (secondary N) is 1. The van der Waals surface area contributed by atoms with E-state index < -0.39 is 0 Å². The number of amides is 1. The number of carbonyl (C=O) groups is 1. The Hall–Kier alpha value is -2.29. The predicted octanol–water partition coefficient (Wildman–Crippen LogP) is 4.02. The van der Waals surface area contributed by atoms with Crippen LogP contribution < -0.4 is 10.1 Å². The zero-order chi connectivity index (χ0) is 16.1. The molecule has 0 fully saturated rings. The van der Waals surface area contributed by atoms with Gasteiger partial charge in [-0.3, -0.25) is 4.79 Å². The maximum Gasteiger partial charge on any atom is 0.251 e. The van der Waals surface area contributed by atoms with Crippen LogP contribution in [0, 0.1) is 13.8 Å². The van der Waals surface area contributed by atoms with Gasteiger partial charge in [-0.25, -0.2) is 0 Å². The Balaban J connectivity index is 2.02. The van der Waals surface area contributed by atoms with Crippen LogP contribution in [0.1, 0.15) is 40.9 Å². The molecule has 0 saturated heterocycles. The van der Waals surface area contributed by atoms with Crippen molar-refractivity contribution in [3.63, 3.8) is 0 Å². The molecule has 3 nitrogen and oxygen atoms in total. The van der Waals surface area contributed by atoms with Gasteiger partial charge < -0.3 is 10.1 Å². The van der Waals surface area contributed by atoms with Crippen LogP contribution in [0.25, 0.3) is 0 Å².